The van der Waals surface area contributed by atoms with Crippen molar-refractivity contribution >= 4 is 29.4 Å². The van der Waals surface area contributed by atoms with Gasteiger partial charge in [-0.1, -0.05) is 38.1 Å². The van der Waals surface area contributed by atoms with Crippen molar-refractivity contribution in [1.29, 1.82) is 0 Å². The molecule has 1 heterocycles. The van der Waals surface area contributed by atoms with Crippen LogP contribution in [0.2, 0.25) is 0 Å². The fourth-order valence-electron chi connectivity index (χ4n) is 3.11. The van der Waals surface area contributed by atoms with Crippen LogP contribution in [0.15, 0.2) is 48.5 Å². The van der Waals surface area contributed by atoms with Crippen LogP contribution in [0.3, 0.4) is 0 Å². The van der Waals surface area contributed by atoms with Gasteiger partial charge in [-0.25, -0.2) is 9.18 Å². The fourth-order valence-corrected chi connectivity index (χ4v) is 3.11. The SMILES string of the molecule is CC(C)C(C(=O)OCC(=O)Nc1ccccc1F)N1C(=O)c2ccccc2C1=O. The van der Waals surface area contributed by atoms with Gasteiger partial charge in [-0.3, -0.25) is 19.3 Å². The van der Waals surface area contributed by atoms with Crippen molar-refractivity contribution < 1.29 is 28.3 Å². The predicted molar refractivity (Wildman–Crippen MR) is 102 cm³/mol. The monoisotopic (exact) mass is 398 g/mol. The van der Waals surface area contributed by atoms with Crippen LogP contribution in [0.5, 0.6) is 0 Å². The van der Waals surface area contributed by atoms with E-state index in [0.29, 0.717) is 0 Å². The molecular weight excluding hydrogens is 379 g/mol. The predicted octanol–water partition coefficient (Wildman–Crippen LogP) is 2.63. The summed E-state index contributed by atoms with van der Waals surface area (Å²) in [6.45, 7) is 2.64. The van der Waals surface area contributed by atoms with E-state index in [2.05, 4.69) is 5.32 Å². The third-order valence-corrected chi connectivity index (χ3v) is 4.47. The van der Waals surface area contributed by atoms with E-state index in [1.54, 1.807) is 32.0 Å². The highest BCUT2D eigenvalue weighted by Crippen LogP contribution is 2.27. The van der Waals surface area contributed by atoms with Crippen molar-refractivity contribution in [3.8, 4) is 0 Å². The molecule has 0 saturated heterocycles. The molecular formula is C21H19FN2O5. The zero-order chi connectivity index (χ0) is 21.1. The zero-order valence-electron chi connectivity index (χ0n) is 15.8. The highest BCUT2D eigenvalue weighted by atomic mass is 19.1. The maximum absolute atomic E-state index is 13.6. The first-order chi connectivity index (χ1) is 13.8. The summed E-state index contributed by atoms with van der Waals surface area (Å²) in [7, 11) is 0. The Morgan fingerprint density at radius 1 is 1.00 bits per heavy atom. The number of para-hydroxylation sites is 1. The third kappa shape index (κ3) is 4.01. The minimum Gasteiger partial charge on any atom is -0.454 e. The minimum absolute atomic E-state index is 0.0469. The van der Waals surface area contributed by atoms with Crippen molar-refractivity contribution in [2.45, 2.75) is 19.9 Å². The largest absolute Gasteiger partial charge is 0.454 e. The third-order valence-electron chi connectivity index (χ3n) is 4.47. The number of esters is 1. The lowest BCUT2D eigenvalue weighted by molar-refractivity contribution is -0.152. The molecule has 0 radical (unpaired) electrons. The summed E-state index contributed by atoms with van der Waals surface area (Å²) in [5, 5.41) is 2.30. The first kappa shape index (κ1) is 20.2. The minimum atomic E-state index is -1.19. The smallest absolute Gasteiger partial charge is 0.330 e. The number of benzene rings is 2. The Morgan fingerprint density at radius 2 is 1.55 bits per heavy atom. The molecule has 2 aromatic rings. The van der Waals surface area contributed by atoms with Crippen LogP contribution in [-0.2, 0) is 14.3 Å². The summed E-state index contributed by atoms with van der Waals surface area (Å²) in [4.78, 5) is 50.8. The van der Waals surface area contributed by atoms with Gasteiger partial charge in [0.2, 0.25) is 0 Å². The van der Waals surface area contributed by atoms with Crippen molar-refractivity contribution in [1.82, 2.24) is 4.90 Å². The van der Waals surface area contributed by atoms with E-state index >= 15 is 0 Å². The molecule has 1 unspecified atom stereocenters. The molecule has 0 saturated carbocycles. The summed E-state index contributed by atoms with van der Waals surface area (Å²) >= 11 is 0. The number of nitrogens with zero attached hydrogens (tertiary/aromatic N) is 1. The summed E-state index contributed by atoms with van der Waals surface area (Å²) in [5.74, 6) is -3.88. The average molecular weight is 398 g/mol. The van der Waals surface area contributed by atoms with Gasteiger partial charge in [0.05, 0.1) is 16.8 Å². The van der Waals surface area contributed by atoms with Gasteiger partial charge < -0.3 is 10.1 Å². The highest BCUT2D eigenvalue weighted by molar-refractivity contribution is 6.22. The molecule has 29 heavy (non-hydrogen) atoms. The molecule has 2 aromatic carbocycles. The normalized spacial score (nSPS) is 14.0. The summed E-state index contributed by atoms with van der Waals surface area (Å²) in [5.41, 5.74) is 0.385. The van der Waals surface area contributed by atoms with E-state index in [1.807, 2.05) is 0 Å². The molecule has 7 nitrogen and oxygen atoms in total. The van der Waals surface area contributed by atoms with Gasteiger partial charge in [-0.2, -0.15) is 0 Å². The summed E-state index contributed by atoms with van der Waals surface area (Å²) in [6, 6.07) is 10.7. The Morgan fingerprint density at radius 3 is 2.10 bits per heavy atom. The Bertz CT molecular complexity index is 954. The van der Waals surface area contributed by atoms with E-state index in [4.69, 9.17) is 4.74 Å². The summed E-state index contributed by atoms with van der Waals surface area (Å²) in [6.07, 6.45) is 0. The Labute approximate surface area is 166 Å². The second-order valence-electron chi connectivity index (χ2n) is 6.85. The molecule has 8 heteroatoms. The second-order valence-corrected chi connectivity index (χ2v) is 6.85. The molecule has 3 rings (SSSR count). The van der Waals surface area contributed by atoms with Crippen LogP contribution in [-0.4, -0.2) is 41.2 Å². The fraction of sp³-hybridized carbons (Fsp3) is 0.238. The summed E-state index contributed by atoms with van der Waals surface area (Å²) < 4.78 is 18.6. The van der Waals surface area contributed by atoms with Crippen molar-refractivity contribution in [3.05, 3.63) is 65.5 Å². The van der Waals surface area contributed by atoms with Crippen LogP contribution in [0, 0.1) is 11.7 Å². The van der Waals surface area contributed by atoms with E-state index in [9.17, 15) is 23.6 Å². The lowest BCUT2D eigenvalue weighted by Crippen LogP contribution is -2.49. The van der Waals surface area contributed by atoms with E-state index in [-0.39, 0.29) is 16.8 Å². The topological polar surface area (TPSA) is 92.8 Å². The number of halogens is 1. The van der Waals surface area contributed by atoms with Crippen LogP contribution in [0.1, 0.15) is 34.6 Å². The molecule has 0 fully saturated rings. The number of hydrogen-bond donors (Lipinski definition) is 1. The van der Waals surface area contributed by atoms with Gasteiger partial charge in [0.1, 0.15) is 11.9 Å². The maximum atomic E-state index is 13.6. The van der Waals surface area contributed by atoms with Gasteiger partial charge in [0.15, 0.2) is 6.61 Å². The van der Waals surface area contributed by atoms with Gasteiger partial charge in [-0.15, -0.1) is 0 Å². The number of nitrogens with one attached hydrogen (secondary N) is 1. The Balaban J connectivity index is 1.69. The lowest BCUT2D eigenvalue weighted by atomic mass is 10.0. The molecule has 0 bridgehead atoms. The van der Waals surface area contributed by atoms with Gasteiger partial charge in [0.25, 0.3) is 17.7 Å². The van der Waals surface area contributed by atoms with Crippen LogP contribution >= 0.6 is 0 Å². The number of rotatable bonds is 6. The average Bonchev–Trinajstić information content (AvgIpc) is 2.94. The number of carbonyl (C=O) groups excluding carboxylic acids is 4. The first-order valence-electron chi connectivity index (χ1n) is 8.99. The molecule has 1 atom stereocenters. The Hall–Kier alpha value is -3.55. The van der Waals surface area contributed by atoms with E-state index < -0.39 is 48.1 Å². The Kier molecular flexibility index (Phi) is 5.72. The van der Waals surface area contributed by atoms with Crippen molar-refractivity contribution in [2.24, 2.45) is 5.92 Å². The molecule has 1 aliphatic rings. The molecule has 0 aromatic heterocycles. The number of anilines is 1. The molecule has 1 aliphatic heterocycles. The number of carbonyl (C=O) groups is 4. The van der Waals surface area contributed by atoms with Crippen molar-refractivity contribution in [3.63, 3.8) is 0 Å². The highest BCUT2D eigenvalue weighted by Gasteiger charge is 2.44. The van der Waals surface area contributed by atoms with E-state index in [1.165, 1.54) is 30.3 Å². The van der Waals surface area contributed by atoms with Gasteiger partial charge >= 0.3 is 5.97 Å². The molecule has 3 amide bonds. The molecule has 0 spiro atoms. The van der Waals surface area contributed by atoms with Crippen molar-refractivity contribution in [2.75, 3.05) is 11.9 Å². The first-order valence-corrected chi connectivity index (χ1v) is 8.99. The zero-order valence-corrected chi connectivity index (χ0v) is 15.8. The molecule has 0 aliphatic carbocycles. The number of amides is 3. The van der Waals surface area contributed by atoms with E-state index in [0.717, 1.165) is 4.90 Å². The second kappa shape index (κ2) is 8.22. The maximum Gasteiger partial charge on any atom is 0.330 e. The van der Waals surface area contributed by atoms with Gasteiger partial charge in [0, 0.05) is 0 Å². The number of fused-ring (bicyclic) bond motifs is 1. The molecule has 150 valence electrons. The van der Waals surface area contributed by atoms with Crippen LogP contribution < -0.4 is 5.32 Å². The van der Waals surface area contributed by atoms with Gasteiger partial charge in [-0.05, 0) is 30.2 Å². The number of hydrogen-bond acceptors (Lipinski definition) is 5. The standard InChI is InChI=1S/C21H19FN2O5/c1-12(2)18(24-19(26)13-7-3-4-8-14(13)20(24)27)21(28)29-11-17(25)23-16-10-6-5-9-15(16)22/h3-10,12,18H,11H2,1-2H3,(H,23,25). The lowest BCUT2D eigenvalue weighted by Gasteiger charge is -2.27. The molecule has 1 N–H and O–H groups in total. The van der Waals surface area contributed by atoms with Crippen LogP contribution in [0.4, 0.5) is 10.1 Å². The quantitative estimate of drug-likeness (QED) is 0.597. The number of ether oxygens (including phenoxy) is 1. The van der Waals surface area contributed by atoms with Crippen LogP contribution in [0.25, 0.3) is 0 Å². The number of imide groups is 1.